The highest BCUT2D eigenvalue weighted by Crippen LogP contribution is 2.49. The summed E-state index contributed by atoms with van der Waals surface area (Å²) in [5.41, 5.74) is 3.75. The fourth-order valence-corrected chi connectivity index (χ4v) is 2.57. The number of rotatable bonds is 3. The number of aryl methyl sites for hydroxylation is 1. The van der Waals surface area contributed by atoms with E-state index in [2.05, 4.69) is 25.1 Å². The summed E-state index contributed by atoms with van der Waals surface area (Å²) < 4.78 is 0. The molecule has 19 heavy (non-hydrogen) atoms. The van der Waals surface area contributed by atoms with Gasteiger partial charge in [0.2, 0.25) is 0 Å². The molecule has 1 saturated carbocycles. The number of hydrogen-bond acceptors (Lipinski definition) is 1. The molecule has 1 aliphatic rings. The van der Waals surface area contributed by atoms with Crippen LogP contribution in [0.1, 0.15) is 24.0 Å². The maximum atomic E-state index is 11.4. The zero-order valence-corrected chi connectivity index (χ0v) is 10.9. The Hall–Kier alpha value is -2.09. The Labute approximate surface area is 112 Å². The summed E-state index contributed by atoms with van der Waals surface area (Å²) in [6.07, 6.45) is 1.50. The van der Waals surface area contributed by atoms with Crippen molar-refractivity contribution in [1.29, 1.82) is 0 Å². The molecule has 0 bridgehead atoms. The minimum Gasteiger partial charge on any atom is -0.481 e. The second-order valence-corrected chi connectivity index (χ2v) is 5.34. The first-order valence-electron chi connectivity index (χ1n) is 6.53. The minimum absolute atomic E-state index is 0.625. The maximum Gasteiger partial charge on any atom is 0.314 e. The standard InChI is InChI=1S/C17H16O2/c1-12-4-2-5-13(10-12)14-6-3-7-15(11-14)17(8-9-17)16(18)19/h2-7,10-11H,8-9H2,1H3,(H,18,19). The smallest absolute Gasteiger partial charge is 0.314 e. The van der Waals surface area contributed by atoms with Gasteiger partial charge in [0.25, 0.3) is 0 Å². The summed E-state index contributed by atoms with van der Waals surface area (Å²) >= 11 is 0. The number of benzene rings is 2. The van der Waals surface area contributed by atoms with Crippen LogP contribution in [-0.2, 0) is 10.2 Å². The Morgan fingerprint density at radius 3 is 2.26 bits per heavy atom. The fourth-order valence-electron chi connectivity index (χ4n) is 2.57. The van der Waals surface area contributed by atoms with Crippen molar-refractivity contribution < 1.29 is 9.90 Å². The molecule has 2 heteroatoms. The Balaban J connectivity index is 2.04. The molecule has 0 aliphatic heterocycles. The molecule has 1 aliphatic carbocycles. The van der Waals surface area contributed by atoms with Crippen molar-refractivity contribution in [3.05, 3.63) is 59.7 Å². The maximum absolute atomic E-state index is 11.4. The highest BCUT2D eigenvalue weighted by atomic mass is 16.4. The number of hydrogen-bond donors (Lipinski definition) is 1. The fraction of sp³-hybridized carbons (Fsp3) is 0.235. The minimum atomic E-state index is -0.700. The molecule has 0 spiro atoms. The van der Waals surface area contributed by atoms with Gasteiger partial charge < -0.3 is 5.11 Å². The van der Waals surface area contributed by atoms with Gasteiger partial charge in [0.1, 0.15) is 0 Å². The highest BCUT2D eigenvalue weighted by molar-refractivity contribution is 5.85. The van der Waals surface area contributed by atoms with Crippen molar-refractivity contribution in [2.75, 3.05) is 0 Å². The quantitative estimate of drug-likeness (QED) is 0.902. The SMILES string of the molecule is Cc1cccc(-c2cccc(C3(C(=O)O)CC3)c2)c1. The van der Waals surface area contributed by atoms with Crippen molar-refractivity contribution in [3.8, 4) is 11.1 Å². The third kappa shape index (κ3) is 2.03. The molecule has 0 heterocycles. The lowest BCUT2D eigenvalue weighted by Gasteiger charge is -2.12. The van der Waals surface area contributed by atoms with Crippen LogP contribution in [0.2, 0.25) is 0 Å². The number of carbonyl (C=O) groups is 1. The summed E-state index contributed by atoms with van der Waals surface area (Å²) in [5.74, 6) is -0.700. The average Bonchev–Trinajstić information content (AvgIpc) is 3.20. The molecular weight excluding hydrogens is 236 g/mol. The van der Waals surface area contributed by atoms with Gasteiger partial charge in [-0.05, 0) is 36.5 Å². The third-order valence-corrected chi connectivity index (χ3v) is 3.93. The average molecular weight is 252 g/mol. The van der Waals surface area contributed by atoms with Crippen molar-refractivity contribution >= 4 is 5.97 Å². The lowest BCUT2D eigenvalue weighted by Crippen LogP contribution is -2.19. The molecule has 0 amide bonds. The first kappa shape index (κ1) is 12.0. The summed E-state index contributed by atoms with van der Waals surface area (Å²) in [6.45, 7) is 2.06. The van der Waals surface area contributed by atoms with E-state index in [0.29, 0.717) is 0 Å². The molecule has 1 N–H and O–H groups in total. The van der Waals surface area contributed by atoms with Gasteiger partial charge in [-0.2, -0.15) is 0 Å². The first-order chi connectivity index (χ1) is 9.12. The van der Waals surface area contributed by atoms with E-state index < -0.39 is 11.4 Å². The van der Waals surface area contributed by atoms with Crippen molar-refractivity contribution in [3.63, 3.8) is 0 Å². The van der Waals surface area contributed by atoms with E-state index in [1.54, 1.807) is 0 Å². The van der Waals surface area contributed by atoms with Crippen LogP contribution in [0.5, 0.6) is 0 Å². The van der Waals surface area contributed by atoms with Gasteiger partial charge in [-0.3, -0.25) is 4.79 Å². The molecule has 2 aromatic rings. The molecule has 0 radical (unpaired) electrons. The highest BCUT2D eigenvalue weighted by Gasteiger charge is 2.51. The molecule has 1 fully saturated rings. The van der Waals surface area contributed by atoms with E-state index in [4.69, 9.17) is 0 Å². The lowest BCUT2D eigenvalue weighted by molar-refractivity contribution is -0.140. The Kier molecular flexibility index (Phi) is 2.67. The number of aliphatic carboxylic acids is 1. The van der Waals surface area contributed by atoms with Crippen LogP contribution in [-0.4, -0.2) is 11.1 Å². The van der Waals surface area contributed by atoms with E-state index in [-0.39, 0.29) is 0 Å². The zero-order valence-electron chi connectivity index (χ0n) is 10.9. The van der Waals surface area contributed by atoms with Crippen LogP contribution in [0.3, 0.4) is 0 Å². The molecule has 0 atom stereocenters. The molecule has 3 rings (SSSR count). The molecule has 0 unspecified atom stereocenters. The second kappa shape index (κ2) is 4.23. The van der Waals surface area contributed by atoms with Gasteiger partial charge in [0.15, 0.2) is 0 Å². The third-order valence-electron chi connectivity index (χ3n) is 3.93. The molecule has 0 aromatic heterocycles. The summed E-state index contributed by atoms with van der Waals surface area (Å²) in [6, 6.07) is 16.2. The van der Waals surface area contributed by atoms with Gasteiger partial charge in [0.05, 0.1) is 5.41 Å². The van der Waals surface area contributed by atoms with Crippen molar-refractivity contribution in [2.24, 2.45) is 0 Å². The van der Waals surface area contributed by atoms with Crippen molar-refractivity contribution in [1.82, 2.24) is 0 Å². The predicted octanol–water partition coefficient (Wildman–Crippen LogP) is 3.78. The Morgan fingerprint density at radius 2 is 1.68 bits per heavy atom. The first-order valence-corrected chi connectivity index (χ1v) is 6.53. The van der Waals surface area contributed by atoms with E-state index in [0.717, 1.165) is 29.5 Å². The Morgan fingerprint density at radius 1 is 1.05 bits per heavy atom. The predicted molar refractivity (Wildman–Crippen MR) is 75.2 cm³/mol. The van der Waals surface area contributed by atoms with E-state index in [9.17, 15) is 9.90 Å². The van der Waals surface area contributed by atoms with Crippen molar-refractivity contribution in [2.45, 2.75) is 25.2 Å². The van der Waals surface area contributed by atoms with Gasteiger partial charge in [-0.15, -0.1) is 0 Å². The molecular formula is C17H16O2. The lowest BCUT2D eigenvalue weighted by atomic mass is 9.92. The largest absolute Gasteiger partial charge is 0.481 e. The van der Waals surface area contributed by atoms with Crippen LogP contribution in [0, 0.1) is 6.92 Å². The number of carboxylic acid groups (broad SMARTS) is 1. The van der Waals surface area contributed by atoms with Crippen LogP contribution < -0.4 is 0 Å². The van der Waals surface area contributed by atoms with Gasteiger partial charge in [-0.25, -0.2) is 0 Å². The summed E-state index contributed by atoms with van der Waals surface area (Å²) in [4.78, 5) is 11.4. The van der Waals surface area contributed by atoms with E-state index in [1.165, 1.54) is 5.56 Å². The normalized spacial score (nSPS) is 16.1. The molecule has 0 saturated heterocycles. The second-order valence-electron chi connectivity index (χ2n) is 5.34. The zero-order chi connectivity index (χ0) is 13.5. The van der Waals surface area contributed by atoms with Gasteiger partial charge in [0, 0.05) is 0 Å². The van der Waals surface area contributed by atoms with Gasteiger partial charge >= 0.3 is 5.97 Å². The van der Waals surface area contributed by atoms with Gasteiger partial charge in [-0.1, -0.05) is 54.1 Å². The molecule has 96 valence electrons. The van der Waals surface area contributed by atoms with E-state index >= 15 is 0 Å². The van der Waals surface area contributed by atoms with Crippen LogP contribution in [0.25, 0.3) is 11.1 Å². The molecule has 2 nitrogen and oxygen atoms in total. The monoisotopic (exact) mass is 252 g/mol. The van der Waals surface area contributed by atoms with Crippen LogP contribution in [0.15, 0.2) is 48.5 Å². The topological polar surface area (TPSA) is 37.3 Å². The van der Waals surface area contributed by atoms with Crippen LogP contribution in [0.4, 0.5) is 0 Å². The Bertz CT molecular complexity index is 639. The van der Waals surface area contributed by atoms with E-state index in [1.807, 2.05) is 30.3 Å². The number of carboxylic acids is 1. The molecule has 2 aromatic carbocycles. The summed E-state index contributed by atoms with van der Waals surface area (Å²) in [5, 5.41) is 9.36. The summed E-state index contributed by atoms with van der Waals surface area (Å²) in [7, 11) is 0. The van der Waals surface area contributed by atoms with Crippen LogP contribution >= 0.6 is 0 Å².